The third-order valence-corrected chi connectivity index (χ3v) is 4.65. The molecule has 12 heteroatoms. The van der Waals surface area contributed by atoms with Crippen molar-refractivity contribution < 1.29 is 29.2 Å². The minimum Gasteiger partial charge on any atom is -0.298 e. The number of hydrogen-bond acceptors (Lipinski definition) is 9. The number of nitrogens with zero attached hydrogens (tertiary/aromatic N) is 3. The highest BCUT2D eigenvalue weighted by atomic mass is 16.6. The highest BCUT2D eigenvalue weighted by molar-refractivity contribution is 6.22. The number of non-ortho nitro benzene ring substituents is 2. The average Bonchev–Trinajstić information content (AvgIpc) is 2.82. The molecule has 0 aliphatic rings. The molecule has 0 heterocycles. The second kappa shape index (κ2) is 8.93. The van der Waals surface area contributed by atoms with Crippen LogP contribution in [0.4, 0.5) is 17.1 Å². The van der Waals surface area contributed by atoms with Crippen LogP contribution < -0.4 is 0 Å². The molecular formula is C21H11N3O9. The molecule has 0 aliphatic carbocycles. The summed E-state index contributed by atoms with van der Waals surface area (Å²) >= 11 is 0. The molecule has 0 N–H and O–H groups in total. The minimum absolute atomic E-state index is 0.109. The van der Waals surface area contributed by atoms with E-state index in [1.165, 1.54) is 12.1 Å². The van der Waals surface area contributed by atoms with Gasteiger partial charge in [0.05, 0.1) is 20.3 Å². The monoisotopic (exact) mass is 449 g/mol. The normalized spacial score (nSPS) is 10.3. The molecule has 0 bridgehead atoms. The lowest BCUT2D eigenvalue weighted by Crippen LogP contribution is -2.15. The first kappa shape index (κ1) is 22.6. The summed E-state index contributed by atoms with van der Waals surface area (Å²) in [6, 6.07) is 10.7. The molecule has 12 nitrogen and oxygen atoms in total. The van der Waals surface area contributed by atoms with Gasteiger partial charge < -0.3 is 0 Å². The molecule has 0 aliphatic heterocycles. The van der Waals surface area contributed by atoms with E-state index in [9.17, 15) is 44.7 Å². The second-order valence-corrected chi connectivity index (χ2v) is 6.57. The minimum atomic E-state index is -1.08. The lowest BCUT2D eigenvalue weighted by molar-refractivity contribution is -0.385. The third-order valence-electron chi connectivity index (χ3n) is 4.65. The summed E-state index contributed by atoms with van der Waals surface area (Å²) in [5, 5.41) is 33.6. The smallest absolute Gasteiger partial charge is 0.291 e. The maximum Gasteiger partial charge on any atom is 0.291 e. The van der Waals surface area contributed by atoms with Gasteiger partial charge in [0.1, 0.15) is 5.56 Å². The van der Waals surface area contributed by atoms with Crippen LogP contribution >= 0.6 is 0 Å². The molecule has 164 valence electrons. The highest BCUT2D eigenvalue weighted by Gasteiger charge is 2.32. The average molecular weight is 449 g/mol. The van der Waals surface area contributed by atoms with E-state index in [1.54, 1.807) is 0 Å². The Bertz CT molecular complexity index is 1350. The molecule has 0 radical (unpaired) electrons. The van der Waals surface area contributed by atoms with E-state index < -0.39 is 54.4 Å². The zero-order valence-corrected chi connectivity index (χ0v) is 16.4. The van der Waals surface area contributed by atoms with Crippen LogP contribution in [0, 0.1) is 30.3 Å². The lowest BCUT2D eigenvalue weighted by atomic mass is 9.90. The Morgan fingerprint density at radius 3 is 1.88 bits per heavy atom. The number of rotatable bonds is 8. The zero-order valence-electron chi connectivity index (χ0n) is 16.4. The predicted molar refractivity (Wildman–Crippen MR) is 112 cm³/mol. The summed E-state index contributed by atoms with van der Waals surface area (Å²) in [6.45, 7) is 0. The van der Waals surface area contributed by atoms with E-state index in [0.29, 0.717) is 0 Å². The fourth-order valence-corrected chi connectivity index (χ4v) is 3.11. The number of nitro groups is 3. The second-order valence-electron chi connectivity index (χ2n) is 6.57. The van der Waals surface area contributed by atoms with Gasteiger partial charge in [0.25, 0.3) is 17.1 Å². The standard InChI is InChI=1S/C21H11N3O9/c25-11-14-6-9-17(20(26)12-4-7-15(8-5-12)22(28)29)18(19(14)24(32)33)21(27)13-2-1-3-16(10-13)23(30)31/h1-11H. The Labute approximate surface area is 183 Å². The fourth-order valence-electron chi connectivity index (χ4n) is 3.11. The van der Waals surface area contributed by atoms with Crippen molar-refractivity contribution in [2.45, 2.75) is 0 Å². The summed E-state index contributed by atoms with van der Waals surface area (Å²) in [6.07, 6.45) is 0.141. The van der Waals surface area contributed by atoms with Crippen molar-refractivity contribution in [3.05, 3.63) is 119 Å². The predicted octanol–water partition coefficient (Wildman–Crippen LogP) is 3.69. The Balaban J connectivity index is 2.25. The summed E-state index contributed by atoms with van der Waals surface area (Å²) in [7, 11) is 0. The number of carbonyl (C=O) groups is 3. The molecular weight excluding hydrogens is 438 g/mol. The molecule has 33 heavy (non-hydrogen) atoms. The van der Waals surface area contributed by atoms with Crippen molar-refractivity contribution >= 4 is 34.9 Å². The van der Waals surface area contributed by atoms with Crippen LogP contribution in [0.5, 0.6) is 0 Å². The number of ketones is 2. The number of nitro benzene ring substituents is 3. The van der Waals surface area contributed by atoms with Crippen LogP contribution in [0.2, 0.25) is 0 Å². The van der Waals surface area contributed by atoms with Crippen LogP contribution in [0.1, 0.15) is 42.2 Å². The quantitative estimate of drug-likeness (QED) is 0.214. The van der Waals surface area contributed by atoms with Gasteiger partial charge in [-0.25, -0.2) is 0 Å². The summed E-state index contributed by atoms with van der Waals surface area (Å²) in [4.78, 5) is 68.9. The third kappa shape index (κ3) is 4.34. The largest absolute Gasteiger partial charge is 0.298 e. The molecule has 0 saturated heterocycles. The van der Waals surface area contributed by atoms with Crippen molar-refractivity contribution in [1.29, 1.82) is 0 Å². The van der Waals surface area contributed by atoms with Gasteiger partial charge >= 0.3 is 0 Å². The van der Waals surface area contributed by atoms with Crippen LogP contribution in [0.15, 0.2) is 60.7 Å². The molecule has 0 unspecified atom stereocenters. The first-order chi connectivity index (χ1) is 15.6. The van der Waals surface area contributed by atoms with Crippen LogP contribution in [0.3, 0.4) is 0 Å². The lowest BCUT2D eigenvalue weighted by Gasteiger charge is -2.11. The molecule has 0 atom stereocenters. The van der Waals surface area contributed by atoms with E-state index in [1.807, 2.05) is 0 Å². The van der Waals surface area contributed by atoms with Crippen molar-refractivity contribution in [1.82, 2.24) is 0 Å². The van der Waals surface area contributed by atoms with E-state index in [2.05, 4.69) is 0 Å². The van der Waals surface area contributed by atoms with E-state index in [0.717, 1.165) is 48.5 Å². The molecule has 0 fully saturated rings. The number of carbonyl (C=O) groups excluding carboxylic acids is 3. The highest BCUT2D eigenvalue weighted by Crippen LogP contribution is 2.31. The first-order valence-corrected chi connectivity index (χ1v) is 9.00. The number of hydrogen-bond donors (Lipinski definition) is 0. The van der Waals surface area contributed by atoms with Gasteiger partial charge in [-0.3, -0.25) is 44.7 Å². The van der Waals surface area contributed by atoms with Crippen molar-refractivity contribution in [3.63, 3.8) is 0 Å². The first-order valence-electron chi connectivity index (χ1n) is 9.00. The Hall–Kier alpha value is -5.13. The topological polar surface area (TPSA) is 181 Å². The number of benzene rings is 3. The molecule has 3 aromatic rings. The molecule has 0 aromatic heterocycles. The van der Waals surface area contributed by atoms with E-state index in [-0.39, 0.29) is 23.1 Å². The van der Waals surface area contributed by atoms with Gasteiger partial charge in [-0.2, -0.15) is 0 Å². The van der Waals surface area contributed by atoms with Gasteiger partial charge in [0, 0.05) is 41.0 Å². The summed E-state index contributed by atoms with van der Waals surface area (Å²) in [5.74, 6) is -1.96. The zero-order chi connectivity index (χ0) is 24.3. The molecule has 0 amide bonds. The van der Waals surface area contributed by atoms with Crippen LogP contribution in [-0.2, 0) is 0 Å². The molecule has 0 saturated carbocycles. The van der Waals surface area contributed by atoms with Crippen LogP contribution in [0.25, 0.3) is 0 Å². The fraction of sp³-hybridized carbons (Fsp3) is 0. The molecule has 3 rings (SSSR count). The summed E-state index contributed by atoms with van der Waals surface area (Å²) < 4.78 is 0. The van der Waals surface area contributed by atoms with Gasteiger partial charge in [-0.05, 0) is 24.3 Å². The van der Waals surface area contributed by atoms with Gasteiger partial charge in [-0.1, -0.05) is 12.1 Å². The number of aldehydes is 1. The van der Waals surface area contributed by atoms with Crippen molar-refractivity contribution in [3.8, 4) is 0 Å². The maximum absolute atomic E-state index is 13.2. The maximum atomic E-state index is 13.2. The molecule has 3 aromatic carbocycles. The Morgan fingerprint density at radius 2 is 1.33 bits per heavy atom. The van der Waals surface area contributed by atoms with Crippen molar-refractivity contribution in [2.75, 3.05) is 0 Å². The van der Waals surface area contributed by atoms with E-state index >= 15 is 0 Å². The Morgan fingerprint density at radius 1 is 0.697 bits per heavy atom. The van der Waals surface area contributed by atoms with E-state index in [4.69, 9.17) is 0 Å². The van der Waals surface area contributed by atoms with Gasteiger partial charge in [0.2, 0.25) is 5.78 Å². The van der Waals surface area contributed by atoms with Crippen LogP contribution in [-0.4, -0.2) is 32.6 Å². The van der Waals surface area contributed by atoms with Gasteiger partial charge in [-0.15, -0.1) is 0 Å². The van der Waals surface area contributed by atoms with Gasteiger partial charge in [0.15, 0.2) is 12.1 Å². The van der Waals surface area contributed by atoms with Crippen molar-refractivity contribution in [2.24, 2.45) is 0 Å². The molecule has 0 spiro atoms. The summed E-state index contributed by atoms with van der Waals surface area (Å²) in [5.41, 5.74) is -3.77. The SMILES string of the molecule is O=Cc1ccc(C(=O)c2ccc([N+](=O)[O-])cc2)c(C(=O)c2cccc([N+](=O)[O-])c2)c1[N+](=O)[O-]. The Kier molecular flexibility index (Phi) is 6.10.